The minimum absolute atomic E-state index is 0.660. The zero-order valence-electron chi connectivity index (χ0n) is 9.54. The second-order valence-electron chi connectivity index (χ2n) is 3.69. The van der Waals surface area contributed by atoms with Crippen molar-refractivity contribution in [1.29, 1.82) is 0 Å². The van der Waals surface area contributed by atoms with Gasteiger partial charge in [0.15, 0.2) is 0 Å². The lowest BCUT2D eigenvalue weighted by Crippen LogP contribution is -2.31. The molecule has 0 amide bonds. The van der Waals surface area contributed by atoms with Crippen molar-refractivity contribution < 1.29 is 9.90 Å². The van der Waals surface area contributed by atoms with Crippen LogP contribution in [0.3, 0.4) is 0 Å². The van der Waals surface area contributed by atoms with Crippen LogP contribution < -0.4 is 0 Å². The van der Waals surface area contributed by atoms with Gasteiger partial charge >= 0.3 is 5.97 Å². The van der Waals surface area contributed by atoms with Crippen LogP contribution in [0.25, 0.3) is 0 Å². The zero-order valence-corrected chi connectivity index (χ0v) is 10.4. The van der Waals surface area contributed by atoms with Gasteiger partial charge in [0, 0.05) is 12.3 Å². The van der Waals surface area contributed by atoms with Crippen LogP contribution in [-0.2, 0) is 4.79 Å². The second kappa shape index (κ2) is 6.30. The highest BCUT2D eigenvalue weighted by atomic mass is 32.2. The normalized spacial score (nSPS) is 12.1. The van der Waals surface area contributed by atoms with E-state index in [9.17, 15) is 4.79 Å². The van der Waals surface area contributed by atoms with Gasteiger partial charge in [0.05, 0.1) is 0 Å². The first-order valence-electron chi connectivity index (χ1n) is 5.03. The summed E-state index contributed by atoms with van der Waals surface area (Å²) in [6.45, 7) is 10.8. The summed E-state index contributed by atoms with van der Waals surface area (Å²) in [5, 5.41) is 8.89. The monoisotopic (exact) mass is 219 g/mol. The van der Waals surface area contributed by atoms with Crippen LogP contribution in [-0.4, -0.2) is 46.1 Å². The van der Waals surface area contributed by atoms with Gasteiger partial charge in [-0.05, 0) is 26.9 Å². The Balaban J connectivity index is 3.78. The fraction of sp³-hybridized carbons (Fsp3) is 0.900. The highest BCUT2D eigenvalue weighted by molar-refractivity contribution is 8.01. The number of aliphatic carboxylic acids is 1. The Morgan fingerprint density at radius 1 is 1.36 bits per heavy atom. The molecule has 0 aromatic carbocycles. The molecule has 0 heterocycles. The number of carbonyl (C=O) groups is 1. The second-order valence-corrected chi connectivity index (χ2v) is 5.41. The summed E-state index contributed by atoms with van der Waals surface area (Å²) in [6, 6.07) is 0. The smallest absolute Gasteiger partial charge is 0.319 e. The fourth-order valence-corrected chi connectivity index (χ4v) is 2.01. The van der Waals surface area contributed by atoms with E-state index in [1.807, 2.05) is 0 Å². The molecule has 0 spiro atoms. The van der Waals surface area contributed by atoms with Gasteiger partial charge < -0.3 is 10.0 Å². The first kappa shape index (κ1) is 13.8. The molecule has 0 rings (SSSR count). The van der Waals surface area contributed by atoms with Crippen molar-refractivity contribution in [2.75, 3.05) is 25.4 Å². The molecule has 84 valence electrons. The third-order valence-electron chi connectivity index (χ3n) is 2.28. The summed E-state index contributed by atoms with van der Waals surface area (Å²) in [4.78, 5) is 13.1. The Morgan fingerprint density at radius 3 is 2.21 bits per heavy atom. The van der Waals surface area contributed by atoms with Crippen molar-refractivity contribution in [3.05, 3.63) is 0 Å². The fourth-order valence-electron chi connectivity index (χ4n) is 1.03. The largest absolute Gasteiger partial charge is 0.480 e. The molecule has 0 saturated heterocycles. The van der Waals surface area contributed by atoms with Crippen LogP contribution in [0.2, 0.25) is 0 Å². The molecule has 0 bridgehead atoms. The Kier molecular flexibility index (Phi) is 6.20. The van der Waals surface area contributed by atoms with E-state index in [4.69, 9.17) is 5.11 Å². The summed E-state index contributed by atoms with van der Waals surface area (Å²) in [6.07, 6.45) is 0. The number of thioether (sulfide) groups is 1. The molecule has 0 saturated carbocycles. The van der Waals surface area contributed by atoms with Crippen molar-refractivity contribution in [2.45, 2.75) is 32.4 Å². The van der Waals surface area contributed by atoms with Crippen molar-refractivity contribution in [2.24, 2.45) is 0 Å². The van der Waals surface area contributed by atoms with Crippen LogP contribution in [0, 0.1) is 0 Å². The Bertz CT molecular complexity index is 179. The van der Waals surface area contributed by atoms with Gasteiger partial charge in [0.1, 0.15) is 4.75 Å². The first-order chi connectivity index (χ1) is 6.44. The van der Waals surface area contributed by atoms with Crippen molar-refractivity contribution in [1.82, 2.24) is 4.90 Å². The Labute approximate surface area is 90.9 Å². The van der Waals surface area contributed by atoms with E-state index in [2.05, 4.69) is 18.7 Å². The minimum atomic E-state index is -0.734. The van der Waals surface area contributed by atoms with E-state index in [0.29, 0.717) is 0 Å². The van der Waals surface area contributed by atoms with Crippen LogP contribution >= 0.6 is 11.8 Å². The van der Waals surface area contributed by atoms with Gasteiger partial charge in [-0.25, -0.2) is 0 Å². The maximum Gasteiger partial charge on any atom is 0.319 e. The number of carboxylic acids is 1. The molecule has 4 heteroatoms. The Hall–Kier alpha value is -0.220. The Morgan fingerprint density at radius 2 is 1.86 bits per heavy atom. The van der Waals surface area contributed by atoms with E-state index in [1.165, 1.54) is 11.8 Å². The van der Waals surface area contributed by atoms with E-state index in [1.54, 1.807) is 13.8 Å². The summed E-state index contributed by atoms with van der Waals surface area (Å²) in [5.74, 6) is 0.142. The number of nitrogens with zero attached hydrogens (tertiary/aromatic N) is 1. The average Bonchev–Trinajstić information content (AvgIpc) is 2.12. The van der Waals surface area contributed by atoms with Gasteiger partial charge in [-0.1, -0.05) is 13.8 Å². The summed E-state index contributed by atoms with van der Waals surface area (Å²) < 4.78 is -0.660. The molecule has 0 aromatic rings. The number of hydrogen-bond donors (Lipinski definition) is 1. The average molecular weight is 219 g/mol. The van der Waals surface area contributed by atoms with Crippen molar-refractivity contribution >= 4 is 17.7 Å². The number of rotatable bonds is 7. The third kappa shape index (κ3) is 4.86. The van der Waals surface area contributed by atoms with Crippen molar-refractivity contribution in [3.8, 4) is 0 Å². The molecule has 0 aliphatic heterocycles. The maximum atomic E-state index is 10.8. The molecule has 0 unspecified atom stereocenters. The zero-order chi connectivity index (χ0) is 11.2. The topological polar surface area (TPSA) is 40.5 Å². The third-order valence-corrected chi connectivity index (χ3v) is 3.56. The summed E-state index contributed by atoms with van der Waals surface area (Å²) >= 11 is 1.50. The molecule has 0 aliphatic carbocycles. The minimum Gasteiger partial charge on any atom is -0.480 e. The molecular formula is C10H21NO2S. The van der Waals surface area contributed by atoms with Crippen LogP contribution in [0.4, 0.5) is 0 Å². The summed E-state index contributed by atoms with van der Waals surface area (Å²) in [5.41, 5.74) is 0. The van der Waals surface area contributed by atoms with E-state index in [0.717, 1.165) is 25.4 Å². The molecule has 0 atom stereocenters. The molecule has 14 heavy (non-hydrogen) atoms. The first-order valence-corrected chi connectivity index (χ1v) is 6.02. The maximum absolute atomic E-state index is 10.8. The number of hydrogen-bond acceptors (Lipinski definition) is 3. The van der Waals surface area contributed by atoms with Crippen LogP contribution in [0.5, 0.6) is 0 Å². The molecule has 0 aromatic heterocycles. The molecule has 0 aliphatic rings. The van der Waals surface area contributed by atoms with Gasteiger partial charge in [0.2, 0.25) is 0 Å². The lowest BCUT2D eigenvalue weighted by molar-refractivity contribution is -0.138. The highest BCUT2D eigenvalue weighted by Crippen LogP contribution is 2.24. The lowest BCUT2D eigenvalue weighted by atomic mass is 10.2. The number of carboxylic acid groups (broad SMARTS) is 1. The van der Waals surface area contributed by atoms with Gasteiger partial charge in [-0.15, -0.1) is 11.8 Å². The highest BCUT2D eigenvalue weighted by Gasteiger charge is 2.27. The van der Waals surface area contributed by atoms with Crippen LogP contribution in [0.15, 0.2) is 0 Å². The predicted molar refractivity (Wildman–Crippen MR) is 62.0 cm³/mol. The quantitative estimate of drug-likeness (QED) is 0.710. The summed E-state index contributed by atoms with van der Waals surface area (Å²) in [7, 11) is 0. The standard InChI is InChI=1S/C10H21NO2S/c1-5-11(6-2)7-8-14-10(3,4)9(12)13/h5-8H2,1-4H3,(H,12,13). The van der Waals surface area contributed by atoms with Gasteiger partial charge in [-0.2, -0.15) is 0 Å². The lowest BCUT2D eigenvalue weighted by Gasteiger charge is -2.22. The van der Waals surface area contributed by atoms with Gasteiger partial charge in [-0.3, -0.25) is 4.79 Å². The van der Waals surface area contributed by atoms with Crippen molar-refractivity contribution in [3.63, 3.8) is 0 Å². The van der Waals surface area contributed by atoms with Gasteiger partial charge in [0.25, 0.3) is 0 Å². The molecule has 1 N–H and O–H groups in total. The predicted octanol–water partition coefficient (Wildman–Crippen LogP) is 1.92. The molecule has 0 fully saturated rings. The molecule has 0 radical (unpaired) electrons. The van der Waals surface area contributed by atoms with Crippen LogP contribution in [0.1, 0.15) is 27.7 Å². The van der Waals surface area contributed by atoms with E-state index >= 15 is 0 Å². The van der Waals surface area contributed by atoms with E-state index < -0.39 is 10.7 Å². The molecular weight excluding hydrogens is 198 g/mol. The van der Waals surface area contributed by atoms with E-state index in [-0.39, 0.29) is 0 Å². The SMILES string of the molecule is CCN(CC)CCSC(C)(C)C(=O)O. The molecule has 3 nitrogen and oxygen atoms in total.